The topological polar surface area (TPSA) is 12.9 Å². The molecular weight excluding hydrogens is 374 g/mol. The second-order valence-electron chi connectivity index (χ2n) is 10.1. The highest BCUT2D eigenvalue weighted by Crippen LogP contribution is 2.34. The van der Waals surface area contributed by atoms with Gasteiger partial charge in [0.2, 0.25) is 0 Å². The summed E-state index contributed by atoms with van der Waals surface area (Å²) in [5, 5.41) is 0. The van der Waals surface area contributed by atoms with Crippen molar-refractivity contribution in [3.63, 3.8) is 0 Å². The van der Waals surface area contributed by atoms with Gasteiger partial charge in [-0.1, -0.05) is 76.2 Å². The number of rotatable bonds is 7. The number of nitrogens with zero attached hydrogens (tertiary/aromatic N) is 1. The maximum absolute atomic E-state index is 4.29. The van der Waals surface area contributed by atoms with Crippen LogP contribution in [-0.4, -0.2) is 4.98 Å². The normalized spacial score (nSPS) is 17.9. The van der Waals surface area contributed by atoms with Gasteiger partial charge in [0.15, 0.2) is 0 Å². The number of hydrogen-bond acceptors (Lipinski definition) is 1. The summed E-state index contributed by atoms with van der Waals surface area (Å²) in [5.41, 5.74) is 8.94. The first-order chi connectivity index (χ1) is 15.0. The standard InChI is InChI=1S/C30H37N/c1-21(2)27-13-12-26-11-10-25(18-30(26)19-27)15-22(3)28-8-5-7-24(17-28)16-23(4)29-9-6-14-31-20-29/h5-9,12-14,17,19-23,25H,10-11,15-16,18H2,1-4H3. The van der Waals surface area contributed by atoms with Gasteiger partial charge in [0, 0.05) is 12.4 Å². The highest BCUT2D eigenvalue weighted by molar-refractivity contribution is 5.36. The van der Waals surface area contributed by atoms with Gasteiger partial charge in [0.05, 0.1) is 0 Å². The number of fused-ring (bicyclic) bond motifs is 1. The number of aryl methyl sites for hydroxylation is 1. The Kier molecular flexibility index (Phi) is 6.90. The van der Waals surface area contributed by atoms with Crippen LogP contribution in [0.15, 0.2) is 67.0 Å². The van der Waals surface area contributed by atoms with Crippen molar-refractivity contribution in [2.75, 3.05) is 0 Å². The minimum absolute atomic E-state index is 0.490. The molecule has 0 bridgehead atoms. The quantitative estimate of drug-likeness (QED) is 0.386. The van der Waals surface area contributed by atoms with Crippen molar-refractivity contribution < 1.29 is 0 Å². The molecular formula is C30H37N. The fourth-order valence-corrected chi connectivity index (χ4v) is 5.21. The van der Waals surface area contributed by atoms with E-state index in [1.807, 2.05) is 18.5 Å². The molecule has 0 fully saturated rings. The van der Waals surface area contributed by atoms with Gasteiger partial charge in [-0.05, 0) is 95.2 Å². The zero-order valence-corrected chi connectivity index (χ0v) is 19.6. The van der Waals surface area contributed by atoms with E-state index in [2.05, 4.69) is 81.2 Å². The summed E-state index contributed by atoms with van der Waals surface area (Å²) in [5.74, 6) is 2.50. The Hall–Kier alpha value is -2.41. The fourth-order valence-electron chi connectivity index (χ4n) is 5.21. The van der Waals surface area contributed by atoms with Crippen LogP contribution in [0, 0.1) is 5.92 Å². The van der Waals surface area contributed by atoms with Crippen molar-refractivity contribution in [2.24, 2.45) is 5.92 Å². The van der Waals surface area contributed by atoms with Crippen LogP contribution in [0.1, 0.15) is 91.7 Å². The lowest BCUT2D eigenvalue weighted by molar-refractivity contribution is 0.398. The lowest BCUT2D eigenvalue weighted by Crippen LogP contribution is -2.17. The lowest BCUT2D eigenvalue weighted by Gasteiger charge is -2.28. The van der Waals surface area contributed by atoms with Crippen molar-refractivity contribution in [2.45, 2.75) is 77.6 Å². The summed E-state index contributed by atoms with van der Waals surface area (Å²) in [6, 6.07) is 20.8. The summed E-state index contributed by atoms with van der Waals surface area (Å²) in [6.07, 6.45) is 10.0. The van der Waals surface area contributed by atoms with Crippen LogP contribution >= 0.6 is 0 Å². The van der Waals surface area contributed by atoms with Crippen LogP contribution in [0.4, 0.5) is 0 Å². The van der Waals surface area contributed by atoms with E-state index in [0.29, 0.717) is 17.8 Å². The molecule has 1 nitrogen and oxygen atoms in total. The van der Waals surface area contributed by atoms with E-state index < -0.39 is 0 Å². The Morgan fingerprint density at radius 2 is 1.68 bits per heavy atom. The second kappa shape index (κ2) is 9.81. The van der Waals surface area contributed by atoms with E-state index in [1.165, 1.54) is 47.9 Å². The van der Waals surface area contributed by atoms with Gasteiger partial charge >= 0.3 is 0 Å². The van der Waals surface area contributed by atoms with Crippen LogP contribution < -0.4 is 0 Å². The molecule has 31 heavy (non-hydrogen) atoms. The van der Waals surface area contributed by atoms with Crippen molar-refractivity contribution in [3.8, 4) is 0 Å². The first-order valence-corrected chi connectivity index (χ1v) is 12.1. The van der Waals surface area contributed by atoms with E-state index >= 15 is 0 Å². The zero-order valence-electron chi connectivity index (χ0n) is 19.6. The molecule has 3 unspecified atom stereocenters. The Bertz CT molecular complexity index is 988. The zero-order chi connectivity index (χ0) is 21.8. The highest BCUT2D eigenvalue weighted by Gasteiger charge is 2.22. The largest absolute Gasteiger partial charge is 0.264 e. The smallest absolute Gasteiger partial charge is 0.0302 e. The van der Waals surface area contributed by atoms with Gasteiger partial charge in [0.1, 0.15) is 0 Å². The van der Waals surface area contributed by atoms with Gasteiger partial charge in [-0.25, -0.2) is 0 Å². The summed E-state index contributed by atoms with van der Waals surface area (Å²) in [6.45, 7) is 9.32. The van der Waals surface area contributed by atoms with Crippen molar-refractivity contribution >= 4 is 0 Å². The number of hydrogen-bond donors (Lipinski definition) is 0. The average Bonchev–Trinajstić information content (AvgIpc) is 2.79. The van der Waals surface area contributed by atoms with Crippen LogP contribution in [0.2, 0.25) is 0 Å². The predicted octanol–water partition coefficient (Wildman–Crippen LogP) is 7.85. The molecule has 0 saturated heterocycles. The van der Waals surface area contributed by atoms with E-state index in [0.717, 1.165) is 12.3 Å². The summed E-state index contributed by atoms with van der Waals surface area (Å²) >= 11 is 0. The molecule has 0 amide bonds. The molecule has 2 aromatic carbocycles. The Balaban J connectivity index is 1.40. The Morgan fingerprint density at radius 3 is 2.45 bits per heavy atom. The molecule has 1 aliphatic rings. The Labute approximate surface area is 189 Å². The van der Waals surface area contributed by atoms with Crippen LogP contribution in [0.25, 0.3) is 0 Å². The van der Waals surface area contributed by atoms with E-state index in [1.54, 1.807) is 11.1 Å². The second-order valence-corrected chi connectivity index (χ2v) is 10.1. The minimum atomic E-state index is 0.490. The number of benzene rings is 2. The molecule has 0 spiro atoms. The van der Waals surface area contributed by atoms with Crippen molar-refractivity contribution in [3.05, 3.63) is 100 Å². The lowest BCUT2D eigenvalue weighted by atomic mass is 9.77. The fraction of sp³-hybridized carbons (Fsp3) is 0.433. The van der Waals surface area contributed by atoms with E-state index in [9.17, 15) is 0 Å². The van der Waals surface area contributed by atoms with E-state index in [-0.39, 0.29) is 0 Å². The van der Waals surface area contributed by atoms with Gasteiger partial charge in [-0.15, -0.1) is 0 Å². The van der Waals surface area contributed by atoms with Gasteiger partial charge < -0.3 is 0 Å². The maximum atomic E-state index is 4.29. The van der Waals surface area contributed by atoms with Crippen LogP contribution in [-0.2, 0) is 19.3 Å². The molecule has 3 aromatic rings. The summed E-state index contributed by atoms with van der Waals surface area (Å²) < 4.78 is 0. The molecule has 3 atom stereocenters. The summed E-state index contributed by atoms with van der Waals surface area (Å²) in [7, 11) is 0. The van der Waals surface area contributed by atoms with Crippen LogP contribution in [0.5, 0.6) is 0 Å². The van der Waals surface area contributed by atoms with Crippen molar-refractivity contribution in [1.82, 2.24) is 4.98 Å². The molecule has 0 aliphatic heterocycles. The molecule has 0 saturated carbocycles. The predicted molar refractivity (Wildman–Crippen MR) is 132 cm³/mol. The van der Waals surface area contributed by atoms with E-state index in [4.69, 9.17) is 0 Å². The van der Waals surface area contributed by atoms with Gasteiger partial charge in [-0.2, -0.15) is 0 Å². The molecule has 1 aromatic heterocycles. The third-order valence-corrected chi connectivity index (χ3v) is 7.23. The Morgan fingerprint density at radius 1 is 0.839 bits per heavy atom. The first-order valence-electron chi connectivity index (χ1n) is 12.1. The average molecular weight is 412 g/mol. The molecule has 0 radical (unpaired) electrons. The monoisotopic (exact) mass is 411 g/mol. The van der Waals surface area contributed by atoms with Crippen LogP contribution in [0.3, 0.4) is 0 Å². The molecule has 4 rings (SSSR count). The first kappa shape index (κ1) is 21.8. The van der Waals surface area contributed by atoms with Gasteiger partial charge in [-0.3, -0.25) is 4.98 Å². The molecule has 1 heteroatoms. The third kappa shape index (κ3) is 5.45. The molecule has 162 valence electrons. The SMILES string of the molecule is CC(C)c1ccc2c(c1)CC(CC(C)c1cccc(CC(C)c3cccnc3)c1)CC2. The summed E-state index contributed by atoms with van der Waals surface area (Å²) in [4.78, 5) is 4.29. The molecule has 1 aliphatic carbocycles. The molecule has 1 heterocycles. The van der Waals surface area contributed by atoms with Crippen molar-refractivity contribution in [1.29, 1.82) is 0 Å². The number of pyridine rings is 1. The number of aromatic nitrogens is 1. The molecule has 0 N–H and O–H groups in total. The minimum Gasteiger partial charge on any atom is -0.264 e. The highest BCUT2D eigenvalue weighted by atomic mass is 14.6. The van der Waals surface area contributed by atoms with Gasteiger partial charge in [0.25, 0.3) is 0 Å². The maximum Gasteiger partial charge on any atom is 0.0302 e. The third-order valence-electron chi connectivity index (χ3n) is 7.23.